The van der Waals surface area contributed by atoms with Gasteiger partial charge >= 0.3 is 23.9 Å². The van der Waals surface area contributed by atoms with Gasteiger partial charge in [-0.05, 0) is 85.2 Å². The van der Waals surface area contributed by atoms with Crippen LogP contribution in [0.4, 0.5) is 11.4 Å². The third kappa shape index (κ3) is 18.8. The van der Waals surface area contributed by atoms with Gasteiger partial charge in [-0.1, -0.05) is 88.6 Å². The van der Waals surface area contributed by atoms with Crippen LogP contribution in [0.25, 0.3) is 11.6 Å². The van der Waals surface area contributed by atoms with Gasteiger partial charge in [-0.15, -0.1) is 0 Å². The Labute approximate surface area is 406 Å². The molecule has 0 saturated carbocycles. The minimum atomic E-state index is -0.842. The molecule has 4 rings (SSSR count). The minimum Gasteiger partial charge on any atom is -0.493 e. The Kier molecular flexibility index (Phi) is 23.6. The van der Waals surface area contributed by atoms with Crippen molar-refractivity contribution >= 4 is 46.9 Å². The molecule has 0 fully saturated rings. The number of methoxy groups -OCH3 is 3. The number of benzene rings is 4. The van der Waals surface area contributed by atoms with Crippen molar-refractivity contribution in [2.75, 3.05) is 41.2 Å². The fourth-order valence-corrected chi connectivity index (χ4v) is 6.96. The highest BCUT2D eigenvalue weighted by molar-refractivity contribution is 6.15. The molecule has 0 atom stereocenters. The maximum Gasteiger partial charge on any atom is 0.343 e. The van der Waals surface area contributed by atoms with Crippen LogP contribution in [0.2, 0.25) is 0 Å². The number of carbonyl (C=O) groups is 4. The topological polar surface area (TPSA) is 228 Å². The second kappa shape index (κ2) is 30.0. The van der Waals surface area contributed by atoms with E-state index in [2.05, 4.69) is 11.3 Å². The number of ether oxygens (including phenoxy) is 6. The third-order valence-corrected chi connectivity index (χ3v) is 10.9. The van der Waals surface area contributed by atoms with Crippen LogP contribution in [0.5, 0.6) is 23.0 Å². The molecule has 0 N–H and O–H groups in total. The first-order chi connectivity index (χ1) is 33.8. The summed E-state index contributed by atoms with van der Waals surface area (Å²) in [5.74, 6) is -0.663. The summed E-state index contributed by atoms with van der Waals surface area (Å²) in [5.41, 5.74) is 1.44. The van der Waals surface area contributed by atoms with Gasteiger partial charge in [0.05, 0.1) is 73.8 Å². The van der Waals surface area contributed by atoms with Crippen LogP contribution in [0.1, 0.15) is 121 Å². The Balaban J connectivity index is 1.19. The lowest BCUT2D eigenvalue weighted by Gasteiger charge is -2.14. The number of unbranched alkanes of at least 4 members (excludes halogenated alkanes) is 11. The Morgan fingerprint density at radius 3 is 1.80 bits per heavy atom. The maximum atomic E-state index is 13.1. The highest BCUT2D eigenvalue weighted by Gasteiger charge is 2.21. The molecule has 4 aromatic carbocycles. The smallest absolute Gasteiger partial charge is 0.343 e. The van der Waals surface area contributed by atoms with Gasteiger partial charge < -0.3 is 33.3 Å². The molecular weight excluding hydrogens is 909 g/mol. The van der Waals surface area contributed by atoms with Gasteiger partial charge in [0.1, 0.15) is 11.5 Å². The van der Waals surface area contributed by atoms with Gasteiger partial charge in [-0.25, -0.2) is 19.2 Å². The highest BCUT2D eigenvalue weighted by Crippen LogP contribution is 2.32. The number of hydrogen-bond donors (Lipinski definition) is 0. The molecule has 0 radical (unpaired) electrons. The molecule has 0 aliphatic rings. The molecule has 70 heavy (non-hydrogen) atoms. The van der Waals surface area contributed by atoms with Crippen LogP contribution < -0.4 is 19.1 Å². The molecule has 0 aliphatic carbocycles. The summed E-state index contributed by atoms with van der Waals surface area (Å²) in [4.78, 5) is 80.3. The van der Waals surface area contributed by atoms with Crippen LogP contribution in [0.15, 0.2) is 91.5 Å². The molecule has 374 valence electrons. The molecule has 0 aromatic heterocycles. The fourth-order valence-electron chi connectivity index (χ4n) is 6.96. The Morgan fingerprint density at radius 1 is 0.586 bits per heavy atom. The quantitative estimate of drug-likeness (QED) is 0.00647. The lowest BCUT2D eigenvalue weighted by atomic mass is 10.0. The van der Waals surface area contributed by atoms with E-state index in [1.165, 1.54) is 27.4 Å². The SMILES string of the molecule is C=C(C(=O)OC)c1ccc(OOCCCCCCc2ccc(OC(=O)c3ccc(C=CC(=O)OC)cc3)cc2OCCCCCCCCCCCOC(=O)c2cc([N+](=O)[O-])cc([N+](=O)[O-])c2)c(OC)c1. The molecule has 0 unspecified atom stereocenters. The summed E-state index contributed by atoms with van der Waals surface area (Å²) < 4.78 is 32.0. The molecule has 4 aromatic rings. The number of nitrogens with zero attached hydrogens (tertiary/aromatic N) is 2. The van der Waals surface area contributed by atoms with E-state index in [1.54, 1.807) is 60.7 Å². The zero-order chi connectivity index (χ0) is 50.7. The second-order valence-electron chi connectivity index (χ2n) is 16.0. The number of aryl methyl sites for hydroxylation is 1. The maximum absolute atomic E-state index is 13.1. The molecule has 0 amide bonds. The second-order valence-corrected chi connectivity index (χ2v) is 16.0. The highest BCUT2D eigenvalue weighted by atomic mass is 17.2. The summed E-state index contributed by atoms with van der Waals surface area (Å²) in [6, 6.07) is 19.7. The van der Waals surface area contributed by atoms with E-state index in [4.69, 9.17) is 33.5 Å². The lowest BCUT2D eigenvalue weighted by Crippen LogP contribution is -2.09. The van der Waals surface area contributed by atoms with E-state index in [0.717, 1.165) is 107 Å². The van der Waals surface area contributed by atoms with Crippen molar-refractivity contribution in [1.29, 1.82) is 0 Å². The van der Waals surface area contributed by atoms with E-state index >= 15 is 0 Å². The third-order valence-electron chi connectivity index (χ3n) is 10.9. The normalized spacial score (nSPS) is 10.8. The number of hydrogen-bond acceptors (Lipinski definition) is 16. The number of carbonyl (C=O) groups excluding carboxylic acids is 4. The molecule has 18 nitrogen and oxygen atoms in total. The zero-order valence-corrected chi connectivity index (χ0v) is 39.8. The van der Waals surface area contributed by atoms with Gasteiger partial charge in [0.15, 0.2) is 5.75 Å². The van der Waals surface area contributed by atoms with Crippen molar-refractivity contribution in [1.82, 2.24) is 0 Å². The molecule has 0 spiro atoms. The van der Waals surface area contributed by atoms with Crippen LogP contribution in [0, 0.1) is 20.2 Å². The first kappa shape index (κ1) is 55.0. The van der Waals surface area contributed by atoms with E-state index < -0.39 is 45.1 Å². The van der Waals surface area contributed by atoms with E-state index in [-0.39, 0.29) is 17.7 Å². The van der Waals surface area contributed by atoms with E-state index in [9.17, 15) is 39.4 Å². The lowest BCUT2D eigenvalue weighted by molar-refractivity contribution is -0.394. The van der Waals surface area contributed by atoms with Gasteiger partial charge in [0, 0.05) is 24.3 Å². The van der Waals surface area contributed by atoms with Gasteiger partial charge in [-0.2, -0.15) is 4.89 Å². The van der Waals surface area contributed by atoms with Crippen molar-refractivity contribution in [2.45, 2.75) is 89.9 Å². The average Bonchev–Trinajstić information content (AvgIpc) is 3.37. The van der Waals surface area contributed by atoms with E-state index in [0.29, 0.717) is 59.3 Å². The standard InChI is InChI=1S/C52H60N2O16/c1-37(50(56)65-4)41-25-27-46(48(34-41)63-2)70-68-31-17-13-10-14-18-39-24-26-45(69-52(58)40-22-19-38(20-23-40)21-28-49(55)64-3)36-47(39)66-29-15-11-8-6-5-7-9-12-16-30-67-51(57)42-32-43(53(59)60)35-44(33-42)54(61)62/h19-28,32-36H,1,5-18,29-31H2,2-4H3. The molecule has 0 heterocycles. The van der Waals surface area contributed by atoms with Crippen LogP contribution in [-0.2, 0) is 35.1 Å². The molecule has 0 bridgehead atoms. The van der Waals surface area contributed by atoms with Gasteiger partial charge in [-0.3, -0.25) is 20.2 Å². The monoisotopic (exact) mass is 968 g/mol. The fraction of sp³-hybridized carbons (Fsp3) is 0.385. The first-order valence-electron chi connectivity index (χ1n) is 23.0. The summed E-state index contributed by atoms with van der Waals surface area (Å²) in [6.07, 6.45) is 15.4. The van der Waals surface area contributed by atoms with Crippen LogP contribution in [0.3, 0.4) is 0 Å². The van der Waals surface area contributed by atoms with Crippen molar-refractivity contribution in [3.05, 3.63) is 140 Å². The molecule has 18 heteroatoms. The number of nitro groups is 2. The minimum absolute atomic E-state index is 0.106. The number of nitro benzene ring substituents is 2. The first-order valence-corrected chi connectivity index (χ1v) is 23.0. The van der Waals surface area contributed by atoms with Crippen molar-refractivity contribution in [2.24, 2.45) is 0 Å². The largest absolute Gasteiger partial charge is 0.493 e. The Morgan fingerprint density at radius 2 is 1.19 bits per heavy atom. The van der Waals surface area contributed by atoms with Crippen molar-refractivity contribution in [3.63, 3.8) is 0 Å². The predicted molar refractivity (Wildman–Crippen MR) is 259 cm³/mol. The van der Waals surface area contributed by atoms with Gasteiger partial charge in [0.2, 0.25) is 5.75 Å². The van der Waals surface area contributed by atoms with Crippen molar-refractivity contribution < 1.29 is 67.2 Å². The number of rotatable bonds is 32. The Hall–Kier alpha value is -7.60. The summed E-state index contributed by atoms with van der Waals surface area (Å²) in [5, 5.41) is 22.2. The van der Waals surface area contributed by atoms with Crippen molar-refractivity contribution in [3.8, 4) is 23.0 Å². The summed E-state index contributed by atoms with van der Waals surface area (Å²) >= 11 is 0. The summed E-state index contributed by atoms with van der Waals surface area (Å²) in [6.45, 7) is 4.71. The van der Waals surface area contributed by atoms with Crippen LogP contribution in [-0.4, -0.2) is 74.9 Å². The van der Waals surface area contributed by atoms with Crippen LogP contribution >= 0.6 is 0 Å². The predicted octanol–water partition coefficient (Wildman–Crippen LogP) is 11.0. The number of esters is 4. The van der Waals surface area contributed by atoms with Gasteiger partial charge in [0.25, 0.3) is 11.4 Å². The summed E-state index contributed by atoms with van der Waals surface area (Å²) in [7, 11) is 4.07. The molecule has 0 aliphatic heterocycles. The molecule has 0 saturated heterocycles. The Bertz CT molecular complexity index is 2400. The van der Waals surface area contributed by atoms with E-state index in [1.807, 2.05) is 6.07 Å². The molecular formula is C52H60N2O16. The average molecular weight is 969 g/mol. The zero-order valence-electron chi connectivity index (χ0n) is 39.8. The number of non-ortho nitro benzene ring substituents is 2.